The molecule has 0 aliphatic rings. The van der Waals surface area contributed by atoms with Crippen LogP contribution >= 0.6 is 22.9 Å². The van der Waals surface area contributed by atoms with Crippen LogP contribution in [0.25, 0.3) is 15.2 Å². The molecule has 3 nitrogen and oxygen atoms in total. The Bertz CT molecular complexity index is 640. The van der Waals surface area contributed by atoms with Crippen LogP contribution in [-0.2, 0) is 5.88 Å². The molecular weight excluding hydrogens is 230 g/mol. The lowest BCUT2D eigenvalue weighted by Gasteiger charge is -1.95. The maximum atomic E-state index is 5.82. The zero-order chi connectivity index (χ0) is 10.4. The van der Waals surface area contributed by atoms with Crippen LogP contribution in [0.15, 0.2) is 18.2 Å². The number of hydrogen-bond donors (Lipinski definition) is 0. The van der Waals surface area contributed by atoms with Crippen molar-refractivity contribution in [3.8, 4) is 0 Å². The Hall–Kier alpha value is -1.13. The average Bonchev–Trinajstić information content (AvgIpc) is 2.74. The van der Waals surface area contributed by atoms with Crippen LogP contribution in [-0.4, -0.2) is 14.6 Å². The summed E-state index contributed by atoms with van der Waals surface area (Å²) < 4.78 is 3.25. The number of aryl methyl sites for hydroxylation is 1. The Morgan fingerprint density at radius 1 is 1.40 bits per heavy atom. The summed E-state index contributed by atoms with van der Waals surface area (Å²) in [6.07, 6.45) is 0. The number of thiazole rings is 1. The molecule has 0 radical (unpaired) electrons. The van der Waals surface area contributed by atoms with E-state index in [1.165, 1.54) is 10.3 Å². The molecule has 2 heterocycles. The van der Waals surface area contributed by atoms with E-state index in [1.54, 1.807) is 11.3 Å². The van der Waals surface area contributed by atoms with Gasteiger partial charge in [0.15, 0.2) is 5.82 Å². The van der Waals surface area contributed by atoms with E-state index in [0.29, 0.717) is 5.88 Å². The minimum atomic E-state index is 0.390. The normalized spacial score (nSPS) is 11.6. The van der Waals surface area contributed by atoms with Gasteiger partial charge in [0.25, 0.3) is 0 Å². The van der Waals surface area contributed by atoms with Crippen molar-refractivity contribution in [1.29, 1.82) is 0 Å². The molecule has 76 valence electrons. The largest absolute Gasteiger partial charge is 0.268 e. The number of rotatable bonds is 1. The molecule has 3 aromatic rings. The van der Waals surface area contributed by atoms with Crippen LogP contribution in [0.4, 0.5) is 0 Å². The minimum Gasteiger partial charge on any atom is -0.268 e. The maximum absolute atomic E-state index is 5.82. The van der Waals surface area contributed by atoms with Gasteiger partial charge in [0, 0.05) is 0 Å². The molecule has 0 amide bonds. The lowest BCUT2D eigenvalue weighted by molar-refractivity contribution is 1.00. The standard InChI is InChI=1S/C10H8ClN3S/c1-6-2-3-7-8(4-6)15-10-13-12-9(5-11)14(7)10/h2-4H,5H2,1H3. The second-order valence-corrected chi connectivity index (χ2v) is 4.72. The predicted molar refractivity (Wildman–Crippen MR) is 62.7 cm³/mol. The van der Waals surface area contributed by atoms with Gasteiger partial charge in [-0.25, -0.2) is 0 Å². The Morgan fingerprint density at radius 3 is 3.07 bits per heavy atom. The molecule has 1 aromatic carbocycles. The molecule has 15 heavy (non-hydrogen) atoms. The monoisotopic (exact) mass is 237 g/mol. The van der Waals surface area contributed by atoms with Gasteiger partial charge in [-0.1, -0.05) is 17.4 Å². The van der Waals surface area contributed by atoms with Crippen LogP contribution in [0, 0.1) is 6.92 Å². The van der Waals surface area contributed by atoms with Gasteiger partial charge >= 0.3 is 0 Å². The van der Waals surface area contributed by atoms with E-state index in [9.17, 15) is 0 Å². The van der Waals surface area contributed by atoms with E-state index in [4.69, 9.17) is 11.6 Å². The van der Waals surface area contributed by atoms with Crippen LogP contribution in [0.5, 0.6) is 0 Å². The first kappa shape index (κ1) is 9.12. The SMILES string of the molecule is Cc1ccc2c(c1)sc1nnc(CCl)n12. The van der Waals surface area contributed by atoms with Crippen molar-refractivity contribution in [3.63, 3.8) is 0 Å². The molecule has 0 unspecified atom stereocenters. The molecule has 0 atom stereocenters. The zero-order valence-electron chi connectivity index (χ0n) is 8.07. The highest BCUT2D eigenvalue weighted by atomic mass is 35.5. The van der Waals surface area contributed by atoms with E-state index in [-0.39, 0.29) is 0 Å². The quantitative estimate of drug-likeness (QED) is 0.609. The number of aromatic nitrogens is 3. The topological polar surface area (TPSA) is 30.2 Å². The fourth-order valence-corrected chi connectivity index (χ4v) is 2.94. The first-order valence-electron chi connectivity index (χ1n) is 4.59. The van der Waals surface area contributed by atoms with E-state index in [2.05, 4.69) is 35.3 Å². The van der Waals surface area contributed by atoms with Gasteiger partial charge in [-0.15, -0.1) is 21.8 Å². The average molecular weight is 238 g/mol. The summed E-state index contributed by atoms with van der Waals surface area (Å²) in [6.45, 7) is 2.09. The Morgan fingerprint density at radius 2 is 2.27 bits per heavy atom. The number of benzene rings is 1. The van der Waals surface area contributed by atoms with E-state index >= 15 is 0 Å². The van der Waals surface area contributed by atoms with Crippen molar-refractivity contribution in [1.82, 2.24) is 14.6 Å². The summed E-state index contributed by atoms with van der Waals surface area (Å²) in [5.41, 5.74) is 2.40. The minimum absolute atomic E-state index is 0.390. The van der Waals surface area contributed by atoms with Crippen LogP contribution < -0.4 is 0 Å². The third-order valence-corrected chi connectivity index (χ3v) is 3.61. The Kier molecular flexibility index (Phi) is 1.94. The number of halogens is 1. The highest BCUT2D eigenvalue weighted by molar-refractivity contribution is 7.23. The summed E-state index contributed by atoms with van der Waals surface area (Å²) >= 11 is 7.46. The highest BCUT2D eigenvalue weighted by Gasteiger charge is 2.10. The molecular formula is C10H8ClN3S. The molecule has 5 heteroatoms. The molecule has 0 saturated heterocycles. The Labute approximate surface area is 95.3 Å². The fourth-order valence-electron chi connectivity index (χ4n) is 1.68. The van der Waals surface area contributed by atoms with Crippen molar-refractivity contribution in [3.05, 3.63) is 29.6 Å². The molecule has 3 rings (SSSR count). The van der Waals surface area contributed by atoms with Gasteiger partial charge in [0.2, 0.25) is 4.96 Å². The summed E-state index contributed by atoms with van der Waals surface area (Å²) in [5.74, 6) is 1.20. The van der Waals surface area contributed by atoms with Crippen molar-refractivity contribution >= 4 is 38.1 Å². The molecule has 0 aliphatic heterocycles. The number of hydrogen-bond acceptors (Lipinski definition) is 3. The van der Waals surface area contributed by atoms with Crippen LogP contribution in [0.1, 0.15) is 11.4 Å². The van der Waals surface area contributed by atoms with Crippen molar-refractivity contribution in [2.45, 2.75) is 12.8 Å². The van der Waals surface area contributed by atoms with Gasteiger partial charge < -0.3 is 0 Å². The highest BCUT2D eigenvalue weighted by Crippen LogP contribution is 2.27. The lowest BCUT2D eigenvalue weighted by Crippen LogP contribution is -1.88. The number of alkyl halides is 1. The zero-order valence-corrected chi connectivity index (χ0v) is 9.64. The molecule has 2 aromatic heterocycles. The van der Waals surface area contributed by atoms with Crippen molar-refractivity contribution < 1.29 is 0 Å². The first-order chi connectivity index (χ1) is 7.29. The smallest absolute Gasteiger partial charge is 0.217 e. The molecule has 0 spiro atoms. The molecule has 0 N–H and O–H groups in total. The lowest BCUT2D eigenvalue weighted by atomic mass is 10.2. The number of nitrogens with zero attached hydrogens (tertiary/aromatic N) is 3. The fraction of sp³-hybridized carbons (Fsp3) is 0.200. The third-order valence-electron chi connectivity index (χ3n) is 2.38. The molecule has 0 bridgehead atoms. The van der Waals surface area contributed by atoms with Crippen LogP contribution in [0.3, 0.4) is 0 Å². The van der Waals surface area contributed by atoms with Gasteiger partial charge in [0.05, 0.1) is 16.1 Å². The second-order valence-electron chi connectivity index (χ2n) is 3.44. The molecule has 0 aliphatic carbocycles. The molecule has 0 saturated carbocycles. The van der Waals surface area contributed by atoms with E-state index in [0.717, 1.165) is 16.3 Å². The first-order valence-corrected chi connectivity index (χ1v) is 5.94. The number of fused-ring (bicyclic) bond motifs is 3. The summed E-state index contributed by atoms with van der Waals surface area (Å²) in [4.78, 5) is 0.909. The van der Waals surface area contributed by atoms with Crippen molar-refractivity contribution in [2.24, 2.45) is 0 Å². The second kappa shape index (κ2) is 3.18. The Balaban J connectivity index is 2.49. The van der Waals surface area contributed by atoms with E-state index < -0.39 is 0 Å². The van der Waals surface area contributed by atoms with Gasteiger partial charge in [-0.05, 0) is 24.6 Å². The predicted octanol–water partition coefficient (Wildman–Crippen LogP) is 2.99. The van der Waals surface area contributed by atoms with Crippen molar-refractivity contribution in [2.75, 3.05) is 0 Å². The third kappa shape index (κ3) is 1.25. The summed E-state index contributed by atoms with van der Waals surface area (Å²) in [5, 5.41) is 8.14. The van der Waals surface area contributed by atoms with Gasteiger partial charge in [-0.2, -0.15) is 0 Å². The van der Waals surface area contributed by atoms with E-state index in [1.807, 2.05) is 4.40 Å². The van der Waals surface area contributed by atoms with Gasteiger partial charge in [0.1, 0.15) is 0 Å². The maximum Gasteiger partial charge on any atom is 0.217 e. The van der Waals surface area contributed by atoms with Crippen LogP contribution in [0.2, 0.25) is 0 Å². The summed E-state index contributed by atoms with van der Waals surface area (Å²) in [7, 11) is 0. The molecule has 0 fully saturated rings. The summed E-state index contributed by atoms with van der Waals surface area (Å²) in [6, 6.07) is 6.34. The van der Waals surface area contributed by atoms with Gasteiger partial charge in [-0.3, -0.25) is 4.40 Å².